The standard InChI is InChI=1S/C13H22N2O3S/c1-8-7-12(14)11(4)13(10(8)3)19(17,18)15-6-5-9(2)16/h7,9,15-16H,5-6,14H2,1-4H3. The van der Waals surface area contributed by atoms with E-state index < -0.39 is 16.1 Å². The maximum Gasteiger partial charge on any atom is 0.241 e. The monoisotopic (exact) mass is 286 g/mol. The van der Waals surface area contributed by atoms with E-state index in [0.717, 1.165) is 5.56 Å². The molecule has 108 valence electrons. The first-order valence-corrected chi connectivity index (χ1v) is 7.69. The average Bonchev–Trinajstić information content (AvgIpc) is 2.25. The van der Waals surface area contributed by atoms with Gasteiger partial charge in [-0.2, -0.15) is 0 Å². The number of benzene rings is 1. The number of rotatable bonds is 5. The summed E-state index contributed by atoms with van der Waals surface area (Å²) in [7, 11) is -3.60. The summed E-state index contributed by atoms with van der Waals surface area (Å²) in [6.45, 7) is 7.12. The van der Waals surface area contributed by atoms with Gasteiger partial charge >= 0.3 is 0 Å². The Labute approximate surface area is 114 Å². The first kappa shape index (κ1) is 15.9. The van der Waals surface area contributed by atoms with Crippen molar-refractivity contribution in [2.75, 3.05) is 12.3 Å². The third-order valence-electron chi connectivity index (χ3n) is 3.20. The number of nitrogens with one attached hydrogen (secondary N) is 1. The molecule has 1 aromatic rings. The van der Waals surface area contributed by atoms with Crippen molar-refractivity contribution >= 4 is 15.7 Å². The fraction of sp³-hybridized carbons (Fsp3) is 0.538. The largest absolute Gasteiger partial charge is 0.398 e. The number of anilines is 1. The minimum atomic E-state index is -3.60. The van der Waals surface area contributed by atoms with Crippen LogP contribution in [0.15, 0.2) is 11.0 Å². The number of sulfonamides is 1. The van der Waals surface area contributed by atoms with Gasteiger partial charge in [0.2, 0.25) is 10.0 Å². The van der Waals surface area contributed by atoms with E-state index in [0.29, 0.717) is 23.2 Å². The summed E-state index contributed by atoms with van der Waals surface area (Å²) in [5, 5.41) is 9.16. The van der Waals surface area contributed by atoms with Crippen LogP contribution in [-0.2, 0) is 10.0 Å². The molecular weight excluding hydrogens is 264 g/mol. The molecule has 0 amide bonds. The zero-order chi connectivity index (χ0) is 14.8. The highest BCUT2D eigenvalue weighted by molar-refractivity contribution is 7.89. The Balaban J connectivity index is 3.15. The second-order valence-corrected chi connectivity index (χ2v) is 6.60. The zero-order valence-electron chi connectivity index (χ0n) is 11.8. The van der Waals surface area contributed by atoms with E-state index in [1.54, 1.807) is 26.8 Å². The Bertz CT molecular complexity index is 539. The maximum absolute atomic E-state index is 12.3. The molecule has 0 bridgehead atoms. The van der Waals surface area contributed by atoms with Crippen molar-refractivity contribution in [2.45, 2.75) is 45.1 Å². The van der Waals surface area contributed by atoms with Crippen LogP contribution < -0.4 is 10.5 Å². The molecule has 1 atom stereocenters. The Hall–Kier alpha value is -1.11. The van der Waals surface area contributed by atoms with Crippen molar-refractivity contribution in [3.8, 4) is 0 Å². The molecule has 0 aliphatic carbocycles. The summed E-state index contributed by atoms with van der Waals surface area (Å²) in [5.41, 5.74) is 8.42. The molecule has 6 heteroatoms. The van der Waals surface area contributed by atoms with Crippen LogP contribution in [0.25, 0.3) is 0 Å². The van der Waals surface area contributed by atoms with Gasteiger partial charge in [0.25, 0.3) is 0 Å². The molecule has 0 saturated heterocycles. The van der Waals surface area contributed by atoms with Crippen molar-refractivity contribution in [2.24, 2.45) is 0 Å². The van der Waals surface area contributed by atoms with Crippen LogP contribution in [0.5, 0.6) is 0 Å². The fourth-order valence-corrected chi connectivity index (χ4v) is 3.53. The van der Waals surface area contributed by atoms with E-state index in [9.17, 15) is 8.42 Å². The van der Waals surface area contributed by atoms with Crippen LogP contribution >= 0.6 is 0 Å². The van der Waals surface area contributed by atoms with Gasteiger partial charge in [-0.15, -0.1) is 0 Å². The molecule has 4 N–H and O–H groups in total. The van der Waals surface area contributed by atoms with E-state index in [2.05, 4.69) is 4.72 Å². The molecule has 0 radical (unpaired) electrons. The molecule has 0 saturated carbocycles. The normalized spacial score (nSPS) is 13.5. The summed E-state index contributed by atoms with van der Waals surface area (Å²) in [6.07, 6.45) is -0.161. The number of nitrogens with two attached hydrogens (primary N) is 1. The number of hydrogen-bond donors (Lipinski definition) is 3. The molecular formula is C13H22N2O3S. The Kier molecular flexibility index (Phi) is 4.95. The molecule has 0 aromatic heterocycles. The summed E-state index contributed by atoms with van der Waals surface area (Å²) in [4.78, 5) is 0.246. The van der Waals surface area contributed by atoms with Crippen molar-refractivity contribution in [3.05, 3.63) is 22.8 Å². The molecule has 1 aromatic carbocycles. The van der Waals surface area contributed by atoms with E-state index >= 15 is 0 Å². The predicted octanol–water partition coefficient (Wildman–Crippen LogP) is 1.24. The highest BCUT2D eigenvalue weighted by atomic mass is 32.2. The summed E-state index contributed by atoms with van der Waals surface area (Å²) in [6, 6.07) is 1.78. The second kappa shape index (κ2) is 5.90. The van der Waals surface area contributed by atoms with Crippen LogP contribution in [-0.4, -0.2) is 26.2 Å². The first-order chi connectivity index (χ1) is 8.66. The van der Waals surface area contributed by atoms with Gasteiger partial charge in [-0.3, -0.25) is 0 Å². The second-order valence-electron chi connectivity index (χ2n) is 4.90. The van der Waals surface area contributed by atoms with Crippen molar-refractivity contribution in [3.63, 3.8) is 0 Å². The Morgan fingerprint density at radius 3 is 2.42 bits per heavy atom. The highest BCUT2D eigenvalue weighted by Gasteiger charge is 2.21. The molecule has 19 heavy (non-hydrogen) atoms. The first-order valence-electron chi connectivity index (χ1n) is 6.20. The average molecular weight is 286 g/mol. The lowest BCUT2D eigenvalue weighted by molar-refractivity contribution is 0.186. The molecule has 0 heterocycles. The van der Waals surface area contributed by atoms with Crippen LogP contribution in [0.2, 0.25) is 0 Å². The van der Waals surface area contributed by atoms with Crippen LogP contribution in [0.4, 0.5) is 5.69 Å². The SMILES string of the molecule is Cc1cc(N)c(C)c(S(=O)(=O)NCCC(C)O)c1C. The van der Waals surface area contributed by atoms with Crippen molar-refractivity contribution < 1.29 is 13.5 Å². The van der Waals surface area contributed by atoms with E-state index in [4.69, 9.17) is 10.8 Å². The van der Waals surface area contributed by atoms with Gasteiger partial charge in [-0.1, -0.05) is 0 Å². The fourth-order valence-electron chi connectivity index (χ4n) is 1.92. The van der Waals surface area contributed by atoms with Gasteiger partial charge in [0.15, 0.2) is 0 Å². The van der Waals surface area contributed by atoms with Gasteiger partial charge in [-0.05, 0) is 56.9 Å². The number of aliphatic hydroxyl groups is 1. The number of aryl methyl sites for hydroxylation is 1. The molecule has 5 nitrogen and oxygen atoms in total. The molecule has 0 aliphatic rings. The predicted molar refractivity (Wildman–Crippen MR) is 76.6 cm³/mol. The van der Waals surface area contributed by atoms with Crippen LogP contribution in [0.3, 0.4) is 0 Å². The number of hydrogen-bond acceptors (Lipinski definition) is 4. The minimum Gasteiger partial charge on any atom is -0.398 e. The van der Waals surface area contributed by atoms with Gasteiger partial charge in [0.1, 0.15) is 0 Å². The lowest BCUT2D eigenvalue weighted by atomic mass is 10.1. The van der Waals surface area contributed by atoms with Gasteiger partial charge in [0.05, 0.1) is 11.0 Å². The van der Waals surface area contributed by atoms with Crippen LogP contribution in [0, 0.1) is 20.8 Å². The van der Waals surface area contributed by atoms with Crippen molar-refractivity contribution in [1.29, 1.82) is 0 Å². The highest BCUT2D eigenvalue weighted by Crippen LogP contribution is 2.27. The van der Waals surface area contributed by atoms with E-state index in [1.165, 1.54) is 0 Å². The maximum atomic E-state index is 12.3. The van der Waals surface area contributed by atoms with Gasteiger partial charge < -0.3 is 10.8 Å². The van der Waals surface area contributed by atoms with Gasteiger partial charge in [0, 0.05) is 12.2 Å². The zero-order valence-corrected chi connectivity index (χ0v) is 12.6. The van der Waals surface area contributed by atoms with E-state index in [-0.39, 0.29) is 11.4 Å². The Morgan fingerprint density at radius 1 is 1.32 bits per heavy atom. The van der Waals surface area contributed by atoms with Gasteiger partial charge in [-0.25, -0.2) is 13.1 Å². The third kappa shape index (κ3) is 3.68. The Morgan fingerprint density at radius 2 is 1.89 bits per heavy atom. The lowest BCUT2D eigenvalue weighted by Crippen LogP contribution is -2.28. The van der Waals surface area contributed by atoms with Crippen molar-refractivity contribution in [1.82, 2.24) is 4.72 Å². The topological polar surface area (TPSA) is 92.4 Å². The molecule has 0 fully saturated rings. The molecule has 0 spiro atoms. The summed E-state index contributed by atoms with van der Waals surface area (Å²) in [5.74, 6) is 0. The van der Waals surface area contributed by atoms with E-state index in [1.807, 2.05) is 6.92 Å². The quantitative estimate of drug-likeness (QED) is 0.710. The number of nitrogen functional groups attached to an aromatic ring is 1. The van der Waals surface area contributed by atoms with Crippen LogP contribution in [0.1, 0.15) is 30.0 Å². The lowest BCUT2D eigenvalue weighted by Gasteiger charge is -2.16. The summed E-state index contributed by atoms with van der Waals surface area (Å²) >= 11 is 0. The smallest absolute Gasteiger partial charge is 0.241 e. The number of aliphatic hydroxyl groups excluding tert-OH is 1. The molecule has 1 unspecified atom stereocenters. The molecule has 1 rings (SSSR count). The minimum absolute atomic E-state index is 0.201. The summed E-state index contributed by atoms with van der Waals surface area (Å²) < 4.78 is 27.1. The molecule has 0 aliphatic heterocycles. The third-order valence-corrected chi connectivity index (χ3v) is 4.93.